The molecule has 1 atom stereocenters. The first-order valence-corrected chi connectivity index (χ1v) is 10.1. The summed E-state index contributed by atoms with van der Waals surface area (Å²) in [4.78, 5) is 0.387. The van der Waals surface area contributed by atoms with Crippen LogP contribution in [0.4, 0.5) is 0 Å². The molecule has 0 aliphatic carbocycles. The van der Waals surface area contributed by atoms with E-state index >= 15 is 0 Å². The summed E-state index contributed by atoms with van der Waals surface area (Å²) >= 11 is 3.44. The molecule has 1 N–H and O–H groups in total. The van der Waals surface area contributed by atoms with Crippen molar-refractivity contribution in [2.24, 2.45) is 5.92 Å². The molecule has 1 saturated heterocycles. The number of hydrogen-bond acceptors (Lipinski definition) is 3. The summed E-state index contributed by atoms with van der Waals surface area (Å²) < 4.78 is 28.5. The van der Waals surface area contributed by atoms with E-state index in [0.717, 1.165) is 34.6 Å². The Bertz CT molecular complexity index is 805. The van der Waals surface area contributed by atoms with E-state index in [4.69, 9.17) is 0 Å². The third kappa shape index (κ3) is 3.60. The number of sulfonamides is 1. The highest BCUT2D eigenvalue weighted by atomic mass is 79.9. The summed E-state index contributed by atoms with van der Waals surface area (Å²) in [5.41, 5.74) is 0. The van der Waals surface area contributed by atoms with Crippen LogP contribution >= 0.6 is 15.9 Å². The quantitative estimate of drug-likeness (QED) is 0.862. The Morgan fingerprint density at radius 3 is 2.74 bits per heavy atom. The van der Waals surface area contributed by atoms with Crippen molar-refractivity contribution in [1.29, 1.82) is 0 Å². The molecule has 4 nitrogen and oxygen atoms in total. The minimum absolute atomic E-state index is 0.387. The van der Waals surface area contributed by atoms with Crippen molar-refractivity contribution in [2.75, 3.05) is 26.7 Å². The van der Waals surface area contributed by atoms with E-state index in [9.17, 15) is 8.42 Å². The smallest absolute Gasteiger partial charge is 0.243 e. The molecule has 0 radical (unpaired) electrons. The fraction of sp³-hybridized carbons (Fsp3) is 0.412. The van der Waals surface area contributed by atoms with E-state index in [-0.39, 0.29) is 0 Å². The van der Waals surface area contributed by atoms with E-state index in [1.807, 2.05) is 31.3 Å². The van der Waals surface area contributed by atoms with Gasteiger partial charge in [0.2, 0.25) is 10.0 Å². The molecule has 1 fully saturated rings. The fourth-order valence-electron chi connectivity index (χ4n) is 3.20. The second-order valence-electron chi connectivity index (χ2n) is 6.08. The normalized spacial score (nSPS) is 20.0. The summed E-state index contributed by atoms with van der Waals surface area (Å²) in [7, 11) is -1.51. The lowest BCUT2D eigenvalue weighted by molar-refractivity contribution is 0.263. The second-order valence-corrected chi connectivity index (χ2v) is 8.94. The molecule has 1 aliphatic rings. The zero-order valence-corrected chi connectivity index (χ0v) is 15.5. The zero-order chi connectivity index (χ0) is 16.4. The van der Waals surface area contributed by atoms with Crippen LogP contribution in [0.15, 0.2) is 45.8 Å². The maximum Gasteiger partial charge on any atom is 0.243 e. The fourth-order valence-corrected chi connectivity index (χ4v) is 5.17. The maximum atomic E-state index is 12.9. The third-order valence-electron chi connectivity index (χ3n) is 4.39. The summed E-state index contributed by atoms with van der Waals surface area (Å²) in [5.74, 6) is 0.389. The van der Waals surface area contributed by atoms with Crippen LogP contribution in [-0.4, -0.2) is 39.4 Å². The van der Waals surface area contributed by atoms with Crippen LogP contribution in [0.2, 0.25) is 0 Å². The molecule has 6 heteroatoms. The van der Waals surface area contributed by atoms with Crippen molar-refractivity contribution in [2.45, 2.75) is 17.7 Å². The lowest BCUT2D eigenvalue weighted by Gasteiger charge is -2.31. The zero-order valence-electron chi connectivity index (χ0n) is 13.1. The Hall–Kier alpha value is -0.950. The van der Waals surface area contributed by atoms with Crippen LogP contribution < -0.4 is 5.32 Å². The molecule has 1 aliphatic heterocycles. The molecule has 1 unspecified atom stereocenters. The summed E-state index contributed by atoms with van der Waals surface area (Å²) in [6, 6.07) is 11.2. The first-order valence-electron chi connectivity index (χ1n) is 7.85. The number of rotatable bonds is 4. The molecular weight excluding hydrogens is 376 g/mol. The second kappa shape index (κ2) is 6.89. The van der Waals surface area contributed by atoms with Crippen molar-refractivity contribution in [3.05, 3.63) is 40.9 Å². The lowest BCUT2D eigenvalue weighted by Crippen LogP contribution is -2.42. The standard InChI is InChI=1S/C17H21BrN2O2S/c1-19-11-13-3-2-8-20(12-13)23(21,22)17-7-5-14-9-16(18)6-4-15(14)10-17/h4-7,9-10,13,19H,2-3,8,11-12H2,1H3. The van der Waals surface area contributed by atoms with Crippen LogP contribution in [0.25, 0.3) is 10.8 Å². The van der Waals surface area contributed by atoms with Gasteiger partial charge < -0.3 is 5.32 Å². The number of piperidine rings is 1. The van der Waals surface area contributed by atoms with E-state index < -0.39 is 10.0 Å². The number of benzene rings is 2. The number of nitrogens with zero attached hydrogens (tertiary/aromatic N) is 1. The van der Waals surface area contributed by atoms with Gasteiger partial charge in [-0.2, -0.15) is 4.31 Å². The van der Waals surface area contributed by atoms with Gasteiger partial charge in [-0.05, 0) is 67.4 Å². The minimum atomic E-state index is -3.42. The average molecular weight is 397 g/mol. The van der Waals surface area contributed by atoms with E-state index in [0.29, 0.717) is 23.9 Å². The highest BCUT2D eigenvalue weighted by Gasteiger charge is 2.30. The highest BCUT2D eigenvalue weighted by molar-refractivity contribution is 9.10. The molecule has 3 rings (SSSR count). The summed E-state index contributed by atoms with van der Waals surface area (Å²) in [5, 5.41) is 5.13. The molecule has 0 spiro atoms. The topological polar surface area (TPSA) is 49.4 Å². The van der Waals surface area contributed by atoms with Gasteiger partial charge in [0, 0.05) is 17.6 Å². The predicted octanol–water partition coefficient (Wildman–Crippen LogP) is 3.22. The molecule has 124 valence electrons. The van der Waals surface area contributed by atoms with Gasteiger partial charge in [0.05, 0.1) is 4.90 Å². The molecular formula is C17H21BrN2O2S. The minimum Gasteiger partial charge on any atom is -0.319 e. The Morgan fingerprint density at radius 2 is 1.96 bits per heavy atom. The summed E-state index contributed by atoms with van der Waals surface area (Å²) in [6.45, 7) is 2.07. The van der Waals surface area contributed by atoms with Gasteiger partial charge in [0.25, 0.3) is 0 Å². The number of fused-ring (bicyclic) bond motifs is 1. The predicted molar refractivity (Wildman–Crippen MR) is 97.1 cm³/mol. The largest absolute Gasteiger partial charge is 0.319 e. The Balaban J connectivity index is 1.91. The number of halogens is 1. The van der Waals surface area contributed by atoms with Gasteiger partial charge in [-0.1, -0.05) is 28.1 Å². The van der Waals surface area contributed by atoms with E-state index in [2.05, 4.69) is 21.2 Å². The van der Waals surface area contributed by atoms with Crippen LogP contribution in [0.1, 0.15) is 12.8 Å². The molecule has 0 amide bonds. The molecule has 0 aromatic heterocycles. The molecule has 23 heavy (non-hydrogen) atoms. The van der Waals surface area contributed by atoms with Crippen molar-refractivity contribution < 1.29 is 8.42 Å². The highest BCUT2D eigenvalue weighted by Crippen LogP contribution is 2.27. The van der Waals surface area contributed by atoms with Crippen molar-refractivity contribution in [1.82, 2.24) is 9.62 Å². The SMILES string of the molecule is CNCC1CCCN(S(=O)(=O)c2ccc3cc(Br)ccc3c2)C1. The Morgan fingerprint density at radius 1 is 1.22 bits per heavy atom. The van der Waals surface area contributed by atoms with E-state index in [1.54, 1.807) is 16.4 Å². The molecule has 2 aromatic rings. The molecule has 2 aromatic carbocycles. The van der Waals surface area contributed by atoms with Gasteiger partial charge in [-0.3, -0.25) is 0 Å². The lowest BCUT2D eigenvalue weighted by atomic mass is 10.00. The first kappa shape index (κ1) is 16.9. The summed E-state index contributed by atoms with van der Waals surface area (Å²) in [6.07, 6.45) is 2.00. The van der Waals surface area contributed by atoms with Crippen molar-refractivity contribution in [3.8, 4) is 0 Å². The van der Waals surface area contributed by atoms with Crippen LogP contribution in [0.3, 0.4) is 0 Å². The maximum absolute atomic E-state index is 12.9. The van der Waals surface area contributed by atoms with Gasteiger partial charge >= 0.3 is 0 Å². The van der Waals surface area contributed by atoms with Crippen LogP contribution in [0.5, 0.6) is 0 Å². The Labute approximate surface area is 146 Å². The number of nitrogens with one attached hydrogen (secondary N) is 1. The molecule has 0 bridgehead atoms. The van der Waals surface area contributed by atoms with Crippen LogP contribution in [0, 0.1) is 5.92 Å². The van der Waals surface area contributed by atoms with Crippen molar-refractivity contribution in [3.63, 3.8) is 0 Å². The molecule has 1 heterocycles. The van der Waals surface area contributed by atoms with Gasteiger partial charge in [-0.25, -0.2) is 8.42 Å². The van der Waals surface area contributed by atoms with Gasteiger partial charge in [0.15, 0.2) is 0 Å². The Kier molecular flexibility index (Phi) is 5.06. The number of hydrogen-bond donors (Lipinski definition) is 1. The molecule has 0 saturated carbocycles. The average Bonchev–Trinajstić information content (AvgIpc) is 2.55. The monoisotopic (exact) mass is 396 g/mol. The first-order chi connectivity index (χ1) is 11.0. The van der Waals surface area contributed by atoms with Crippen molar-refractivity contribution >= 4 is 36.7 Å². The third-order valence-corrected chi connectivity index (χ3v) is 6.74. The van der Waals surface area contributed by atoms with Gasteiger partial charge in [0.1, 0.15) is 0 Å². The van der Waals surface area contributed by atoms with E-state index in [1.165, 1.54) is 0 Å². The van der Waals surface area contributed by atoms with Gasteiger partial charge in [-0.15, -0.1) is 0 Å². The van der Waals surface area contributed by atoms with Crippen LogP contribution in [-0.2, 0) is 10.0 Å².